The average molecular weight is 300 g/mol. The Morgan fingerprint density at radius 1 is 1.19 bits per heavy atom. The van der Waals surface area contributed by atoms with E-state index in [0.29, 0.717) is 12.1 Å². The van der Waals surface area contributed by atoms with Gasteiger partial charge in [0.15, 0.2) is 0 Å². The molecule has 1 amide bonds. The van der Waals surface area contributed by atoms with Crippen LogP contribution in [0, 0.1) is 5.82 Å². The molecule has 5 heteroatoms. The van der Waals surface area contributed by atoms with Gasteiger partial charge in [0.25, 0.3) is 5.91 Å². The maximum absolute atomic E-state index is 12.9. The van der Waals surface area contributed by atoms with Crippen molar-refractivity contribution in [2.75, 3.05) is 7.05 Å². The minimum atomic E-state index is -0.347. The van der Waals surface area contributed by atoms with Gasteiger partial charge in [0.2, 0.25) is 0 Å². The zero-order valence-electron chi connectivity index (χ0n) is 11.4. The highest BCUT2D eigenvalue weighted by molar-refractivity contribution is 7.18. The molecule has 0 spiro atoms. The van der Waals surface area contributed by atoms with Gasteiger partial charge in [-0.1, -0.05) is 12.1 Å². The van der Waals surface area contributed by atoms with Gasteiger partial charge in [0.05, 0.1) is 16.8 Å². The van der Waals surface area contributed by atoms with Crippen molar-refractivity contribution in [3.8, 4) is 0 Å². The molecule has 0 aliphatic heterocycles. The smallest absolute Gasteiger partial charge is 0.253 e. The van der Waals surface area contributed by atoms with E-state index in [2.05, 4.69) is 4.98 Å². The number of carbonyl (C=O) groups excluding carboxylic acids is 1. The Bertz CT molecular complexity index is 749. The maximum Gasteiger partial charge on any atom is 0.253 e. The predicted octanol–water partition coefficient (Wildman–Crippen LogP) is 3.71. The van der Waals surface area contributed by atoms with E-state index in [-0.39, 0.29) is 11.7 Å². The SMILES string of the molecule is CN(Cc1nc2ccccc2s1)C(=O)c1ccc(F)cc1. The number of carbonyl (C=O) groups is 1. The fraction of sp³-hybridized carbons (Fsp3) is 0.125. The minimum Gasteiger partial charge on any atom is -0.335 e. The molecule has 1 aromatic heterocycles. The van der Waals surface area contributed by atoms with Crippen LogP contribution in [0.15, 0.2) is 48.5 Å². The Hall–Kier alpha value is -2.27. The van der Waals surface area contributed by atoms with Crippen LogP contribution in [0.2, 0.25) is 0 Å². The van der Waals surface area contributed by atoms with E-state index in [1.54, 1.807) is 23.3 Å². The summed E-state index contributed by atoms with van der Waals surface area (Å²) >= 11 is 1.58. The van der Waals surface area contributed by atoms with E-state index in [1.165, 1.54) is 24.3 Å². The highest BCUT2D eigenvalue weighted by Crippen LogP contribution is 2.22. The molecule has 0 aliphatic carbocycles. The minimum absolute atomic E-state index is 0.144. The molecule has 0 saturated carbocycles. The van der Waals surface area contributed by atoms with Crippen LogP contribution >= 0.6 is 11.3 Å². The fourth-order valence-corrected chi connectivity index (χ4v) is 3.10. The Kier molecular flexibility index (Phi) is 3.66. The van der Waals surface area contributed by atoms with Crippen molar-refractivity contribution >= 4 is 27.5 Å². The number of hydrogen-bond donors (Lipinski definition) is 0. The van der Waals surface area contributed by atoms with Gasteiger partial charge >= 0.3 is 0 Å². The molecule has 0 N–H and O–H groups in total. The molecule has 0 bridgehead atoms. The third kappa shape index (κ3) is 2.92. The zero-order chi connectivity index (χ0) is 14.8. The lowest BCUT2D eigenvalue weighted by molar-refractivity contribution is 0.0785. The van der Waals surface area contributed by atoms with Gasteiger partial charge in [-0.25, -0.2) is 9.37 Å². The van der Waals surface area contributed by atoms with Crippen molar-refractivity contribution in [2.45, 2.75) is 6.54 Å². The molecule has 0 fully saturated rings. The van der Waals surface area contributed by atoms with Gasteiger partial charge < -0.3 is 4.90 Å². The van der Waals surface area contributed by atoms with Crippen molar-refractivity contribution < 1.29 is 9.18 Å². The number of para-hydroxylation sites is 1. The van der Waals surface area contributed by atoms with Crippen LogP contribution in [-0.2, 0) is 6.54 Å². The van der Waals surface area contributed by atoms with Crippen molar-refractivity contribution in [1.29, 1.82) is 0 Å². The second kappa shape index (κ2) is 5.61. The van der Waals surface area contributed by atoms with Gasteiger partial charge in [-0.05, 0) is 36.4 Å². The Morgan fingerprint density at radius 2 is 1.90 bits per heavy atom. The zero-order valence-corrected chi connectivity index (χ0v) is 12.2. The molecule has 3 rings (SSSR count). The topological polar surface area (TPSA) is 33.2 Å². The number of amides is 1. The molecule has 21 heavy (non-hydrogen) atoms. The van der Waals surface area contributed by atoms with Crippen molar-refractivity contribution in [3.05, 3.63) is 64.9 Å². The molecule has 0 aliphatic rings. The Morgan fingerprint density at radius 3 is 2.62 bits per heavy atom. The molecule has 0 atom stereocenters. The lowest BCUT2D eigenvalue weighted by Gasteiger charge is -2.15. The molecule has 0 saturated heterocycles. The Labute approximate surface area is 125 Å². The van der Waals surface area contributed by atoms with E-state index in [4.69, 9.17) is 0 Å². The van der Waals surface area contributed by atoms with E-state index in [9.17, 15) is 9.18 Å². The number of hydrogen-bond acceptors (Lipinski definition) is 3. The summed E-state index contributed by atoms with van der Waals surface area (Å²) in [6.45, 7) is 0.440. The summed E-state index contributed by atoms with van der Waals surface area (Å²) < 4.78 is 14.0. The normalized spacial score (nSPS) is 10.8. The maximum atomic E-state index is 12.9. The summed E-state index contributed by atoms with van der Waals surface area (Å²) in [6.07, 6.45) is 0. The third-order valence-corrected chi connectivity index (χ3v) is 4.17. The van der Waals surface area contributed by atoms with Crippen LogP contribution in [0.4, 0.5) is 4.39 Å². The van der Waals surface area contributed by atoms with Gasteiger partial charge in [0.1, 0.15) is 10.8 Å². The summed E-state index contributed by atoms with van der Waals surface area (Å²) in [5, 5.41) is 0.883. The first-order valence-corrected chi connectivity index (χ1v) is 7.30. The van der Waals surface area contributed by atoms with Crippen molar-refractivity contribution in [3.63, 3.8) is 0 Å². The van der Waals surface area contributed by atoms with Crippen LogP contribution in [0.25, 0.3) is 10.2 Å². The molecule has 0 unspecified atom stereocenters. The van der Waals surface area contributed by atoms with Crippen molar-refractivity contribution in [1.82, 2.24) is 9.88 Å². The quantitative estimate of drug-likeness (QED) is 0.739. The van der Waals surface area contributed by atoms with E-state index in [0.717, 1.165) is 15.2 Å². The first kappa shape index (κ1) is 13.7. The molecule has 3 nitrogen and oxygen atoms in total. The number of nitrogens with zero attached hydrogens (tertiary/aromatic N) is 2. The highest BCUT2D eigenvalue weighted by atomic mass is 32.1. The lowest BCUT2D eigenvalue weighted by Crippen LogP contribution is -2.26. The monoisotopic (exact) mass is 300 g/mol. The van der Waals surface area contributed by atoms with E-state index >= 15 is 0 Å². The van der Waals surface area contributed by atoms with Gasteiger partial charge in [-0.15, -0.1) is 11.3 Å². The number of fused-ring (bicyclic) bond motifs is 1. The number of thiazole rings is 1. The summed E-state index contributed by atoms with van der Waals surface area (Å²) in [5.74, 6) is -0.491. The number of aromatic nitrogens is 1. The molecular formula is C16H13FN2OS. The first-order valence-electron chi connectivity index (χ1n) is 6.49. The summed E-state index contributed by atoms with van der Waals surface area (Å²) in [5.41, 5.74) is 1.42. The third-order valence-electron chi connectivity index (χ3n) is 3.15. The molecule has 3 aromatic rings. The molecule has 0 radical (unpaired) electrons. The Balaban J connectivity index is 1.77. The molecule has 1 heterocycles. The van der Waals surface area contributed by atoms with Crippen LogP contribution in [0.3, 0.4) is 0 Å². The van der Waals surface area contributed by atoms with E-state index in [1.807, 2.05) is 24.3 Å². The van der Waals surface area contributed by atoms with Crippen LogP contribution in [-0.4, -0.2) is 22.8 Å². The summed E-state index contributed by atoms with van der Waals surface area (Å²) in [6, 6.07) is 13.4. The number of benzene rings is 2. The fourth-order valence-electron chi connectivity index (χ4n) is 2.08. The van der Waals surface area contributed by atoms with Gasteiger partial charge in [0, 0.05) is 12.6 Å². The average Bonchev–Trinajstić information content (AvgIpc) is 2.89. The van der Waals surface area contributed by atoms with Crippen LogP contribution in [0.5, 0.6) is 0 Å². The number of halogens is 1. The van der Waals surface area contributed by atoms with Gasteiger partial charge in [-0.2, -0.15) is 0 Å². The lowest BCUT2D eigenvalue weighted by atomic mass is 10.2. The summed E-state index contributed by atoms with van der Waals surface area (Å²) in [4.78, 5) is 18.4. The molecule has 106 valence electrons. The standard InChI is InChI=1S/C16H13FN2OS/c1-19(16(20)11-6-8-12(17)9-7-11)10-15-18-13-4-2-3-5-14(13)21-15/h2-9H,10H2,1H3. The second-order valence-corrected chi connectivity index (χ2v) is 5.86. The molecular weight excluding hydrogens is 287 g/mol. The molecule has 2 aromatic carbocycles. The number of rotatable bonds is 3. The highest BCUT2D eigenvalue weighted by Gasteiger charge is 2.14. The first-order chi connectivity index (χ1) is 10.1. The van der Waals surface area contributed by atoms with E-state index < -0.39 is 0 Å². The van der Waals surface area contributed by atoms with Crippen molar-refractivity contribution in [2.24, 2.45) is 0 Å². The van der Waals surface area contributed by atoms with Crippen LogP contribution in [0.1, 0.15) is 15.4 Å². The van der Waals surface area contributed by atoms with Gasteiger partial charge in [-0.3, -0.25) is 4.79 Å². The summed E-state index contributed by atoms with van der Waals surface area (Å²) in [7, 11) is 1.72. The largest absolute Gasteiger partial charge is 0.335 e. The second-order valence-electron chi connectivity index (χ2n) is 4.74. The predicted molar refractivity (Wildman–Crippen MR) is 81.8 cm³/mol. The van der Waals surface area contributed by atoms with Crippen LogP contribution < -0.4 is 0 Å².